The fraction of sp³-hybridized carbons (Fsp3) is 0.227. The van der Waals surface area contributed by atoms with E-state index < -0.39 is 10.1 Å². The summed E-state index contributed by atoms with van der Waals surface area (Å²) in [4.78, 5) is 6.49. The summed E-state index contributed by atoms with van der Waals surface area (Å²) in [5.74, 6) is -0.0416. The van der Waals surface area contributed by atoms with Crippen LogP contribution in [0.3, 0.4) is 0 Å². The van der Waals surface area contributed by atoms with E-state index in [1.54, 1.807) is 18.0 Å². The van der Waals surface area contributed by atoms with E-state index in [9.17, 15) is 8.42 Å². The third-order valence-electron chi connectivity index (χ3n) is 4.68. The minimum atomic E-state index is -3.74. The van der Waals surface area contributed by atoms with Crippen LogP contribution in [0.5, 0.6) is 0 Å². The third-order valence-corrected chi connectivity index (χ3v) is 7.07. The second-order valence-electron chi connectivity index (χ2n) is 6.72. The summed E-state index contributed by atoms with van der Waals surface area (Å²) >= 11 is 1.60. The van der Waals surface area contributed by atoms with Gasteiger partial charge in [0.05, 0.1) is 22.8 Å². The summed E-state index contributed by atoms with van der Waals surface area (Å²) < 4.78 is 30.9. The highest BCUT2D eigenvalue weighted by atomic mass is 32.2. The molecule has 4 rings (SSSR count). The summed E-state index contributed by atoms with van der Waals surface area (Å²) in [5, 5.41) is 1.47. The first kappa shape index (κ1) is 19.9. The minimum absolute atomic E-state index is 0.0416. The first-order valence-corrected chi connectivity index (χ1v) is 12.0. The van der Waals surface area contributed by atoms with Crippen molar-refractivity contribution in [3.05, 3.63) is 66.4 Å². The van der Waals surface area contributed by atoms with E-state index in [0.29, 0.717) is 17.8 Å². The molecule has 29 heavy (non-hydrogen) atoms. The van der Waals surface area contributed by atoms with Crippen LogP contribution in [-0.2, 0) is 20.8 Å². The van der Waals surface area contributed by atoms with Crippen molar-refractivity contribution in [1.29, 1.82) is 0 Å². The highest BCUT2D eigenvalue weighted by Gasteiger charge is 2.31. The van der Waals surface area contributed by atoms with Gasteiger partial charge in [0.15, 0.2) is 0 Å². The zero-order valence-corrected chi connectivity index (χ0v) is 18.0. The number of aromatic nitrogens is 1. The number of anilines is 2. The van der Waals surface area contributed by atoms with Crippen LogP contribution in [-0.4, -0.2) is 19.2 Å². The summed E-state index contributed by atoms with van der Waals surface area (Å²) in [7, 11) is -3.74. The molecule has 0 saturated carbocycles. The van der Waals surface area contributed by atoms with Gasteiger partial charge in [-0.2, -0.15) is 8.42 Å². The van der Waals surface area contributed by atoms with Gasteiger partial charge in [0, 0.05) is 21.6 Å². The van der Waals surface area contributed by atoms with E-state index in [-0.39, 0.29) is 5.75 Å². The lowest BCUT2D eigenvalue weighted by Crippen LogP contribution is -2.27. The molecule has 5 nitrogen and oxygen atoms in total. The quantitative estimate of drug-likeness (QED) is 0.512. The van der Waals surface area contributed by atoms with E-state index in [1.807, 2.05) is 61.5 Å². The number of rotatable bonds is 6. The smallest absolute Gasteiger partial charge is 0.256 e. The number of nitrogens with zero attached hydrogens (tertiary/aromatic N) is 2. The SMILES string of the molecule is CCCS(=O)(=O)ON1c2ccccc2Sc2cccc(-c3ncccc3CC)c21. The van der Waals surface area contributed by atoms with Crippen LogP contribution >= 0.6 is 11.8 Å². The highest BCUT2D eigenvalue weighted by Crippen LogP contribution is 2.52. The molecule has 0 atom stereocenters. The van der Waals surface area contributed by atoms with Crippen molar-refractivity contribution in [1.82, 2.24) is 4.98 Å². The van der Waals surface area contributed by atoms with E-state index >= 15 is 0 Å². The minimum Gasteiger partial charge on any atom is -0.256 e. The van der Waals surface area contributed by atoms with Crippen molar-refractivity contribution in [3.8, 4) is 11.3 Å². The summed E-state index contributed by atoms with van der Waals surface area (Å²) in [6, 6.07) is 17.6. The van der Waals surface area contributed by atoms with Crippen LogP contribution in [0.25, 0.3) is 11.3 Å². The maximum Gasteiger partial charge on any atom is 0.288 e. The molecule has 2 heterocycles. The Morgan fingerprint density at radius 2 is 1.79 bits per heavy atom. The first-order valence-electron chi connectivity index (χ1n) is 9.60. The van der Waals surface area contributed by atoms with E-state index in [1.165, 1.54) is 5.06 Å². The van der Waals surface area contributed by atoms with Gasteiger partial charge >= 0.3 is 0 Å². The van der Waals surface area contributed by atoms with Gasteiger partial charge in [0.2, 0.25) is 0 Å². The van der Waals surface area contributed by atoms with Gasteiger partial charge in [0.1, 0.15) is 0 Å². The molecule has 0 aliphatic carbocycles. The Labute approximate surface area is 175 Å². The Hall–Kier alpha value is -2.35. The monoisotopic (exact) mass is 426 g/mol. The number of pyridine rings is 1. The van der Waals surface area contributed by atoms with Crippen LogP contribution in [0.2, 0.25) is 0 Å². The van der Waals surface area contributed by atoms with E-state index in [2.05, 4.69) is 11.9 Å². The summed E-state index contributed by atoms with van der Waals surface area (Å²) in [6.07, 6.45) is 3.07. The molecule has 3 aromatic rings. The Morgan fingerprint density at radius 3 is 2.59 bits per heavy atom. The van der Waals surface area contributed by atoms with Gasteiger partial charge in [0.25, 0.3) is 10.1 Å². The number of hydrogen-bond acceptors (Lipinski definition) is 6. The average molecular weight is 427 g/mol. The molecule has 2 aromatic carbocycles. The normalized spacial score (nSPS) is 13.1. The van der Waals surface area contributed by atoms with E-state index in [0.717, 1.165) is 33.0 Å². The molecule has 7 heteroatoms. The standard InChI is InChI=1S/C22H22N2O3S2/c1-3-15-29(25,26)27-24-18-11-5-6-12-19(18)28-20-13-7-10-17(22(20)24)21-16(4-2)9-8-14-23-21/h5-14H,3-4,15H2,1-2H3. The van der Waals surface area contributed by atoms with Crippen molar-refractivity contribution in [3.63, 3.8) is 0 Å². The van der Waals surface area contributed by atoms with Gasteiger partial charge < -0.3 is 0 Å². The molecule has 1 aliphatic heterocycles. The predicted octanol–water partition coefficient (Wildman–Crippen LogP) is 5.59. The maximum atomic E-state index is 12.6. The topological polar surface area (TPSA) is 59.5 Å². The molecule has 0 radical (unpaired) electrons. The fourth-order valence-corrected chi connectivity index (χ4v) is 5.43. The number of aryl methyl sites for hydroxylation is 1. The number of para-hydroxylation sites is 2. The van der Waals surface area contributed by atoms with Gasteiger partial charge in [-0.1, -0.05) is 55.9 Å². The average Bonchev–Trinajstić information content (AvgIpc) is 2.73. The third kappa shape index (κ3) is 3.90. The largest absolute Gasteiger partial charge is 0.288 e. The van der Waals surface area contributed by atoms with E-state index in [4.69, 9.17) is 4.28 Å². The molecule has 0 bridgehead atoms. The Bertz CT molecular complexity index is 1150. The molecule has 0 saturated heterocycles. The Morgan fingerprint density at radius 1 is 1.00 bits per heavy atom. The Balaban J connectivity index is 1.94. The second kappa shape index (κ2) is 8.18. The zero-order chi connectivity index (χ0) is 20.4. The zero-order valence-electron chi connectivity index (χ0n) is 16.3. The number of benzene rings is 2. The van der Waals surface area contributed by atoms with Crippen LogP contribution in [0.15, 0.2) is 70.6 Å². The molecule has 0 spiro atoms. The molecular formula is C22H22N2O3S2. The molecular weight excluding hydrogens is 404 g/mol. The van der Waals surface area contributed by atoms with Gasteiger partial charge in [-0.15, -0.1) is 4.28 Å². The van der Waals surface area contributed by atoms with Crippen LogP contribution < -0.4 is 5.06 Å². The molecule has 1 aromatic heterocycles. The van der Waals surface area contributed by atoms with Crippen molar-refractivity contribution < 1.29 is 12.7 Å². The highest BCUT2D eigenvalue weighted by molar-refractivity contribution is 7.99. The fourth-order valence-electron chi connectivity index (χ4n) is 3.40. The van der Waals surface area contributed by atoms with Crippen molar-refractivity contribution >= 4 is 33.3 Å². The van der Waals surface area contributed by atoms with Gasteiger partial charge in [-0.3, -0.25) is 4.98 Å². The molecule has 0 N–H and O–H groups in total. The summed E-state index contributed by atoms with van der Waals surface area (Å²) in [6.45, 7) is 3.90. The first-order chi connectivity index (χ1) is 14.0. The summed E-state index contributed by atoms with van der Waals surface area (Å²) in [5.41, 5.74) is 4.22. The maximum absolute atomic E-state index is 12.6. The molecule has 0 fully saturated rings. The molecule has 150 valence electrons. The van der Waals surface area contributed by atoms with Crippen molar-refractivity contribution in [2.45, 2.75) is 36.5 Å². The lowest BCUT2D eigenvalue weighted by molar-refractivity contribution is 0.319. The molecule has 0 amide bonds. The van der Waals surface area contributed by atoms with Crippen LogP contribution in [0, 0.1) is 0 Å². The van der Waals surface area contributed by atoms with Crippen molar-refractivity contribution in [2.75, 3.05) is 10.8 Å². The number of fused-ring (bicyclic) bond motifs is 2. The number of hydrogen-bond donors (Lipinski definition) is 0. The second-order valence-corrected chi connectivity index (χ2v) is 9.47. The van der Waals surface area contributed by atoms with Gasteiger partial charge in [-0.25, -0.2) is 5.06 Å². The lowest BCUT2D eigenvalue weighted by Gasteiger charge is -2.32. The predicted molar refractivity (Wildman–Crippen MR) is 117 cm³/mol. The molecule has 1 aliphatic rings. The van der Waals surface area contributed by atoms with Crippen LogP contribution in [0.4, 0.5) is 11.4 Å². The molecule has 0 unspecified atom stereocenters. The lowest BCUT2D eigenvalue weighted by atomic mass is 10.0. The van der Waals surface area contributed by atoms with Gasteiger partial charge in [-0.05, 0) is 42.7 Å². The van der Waals surface area contributed by atoms with Crippen molar-refractivity contribution in [2.24, 2.45) is 0 Å². The van der Waals surface area contributed by atoms with Crippen LogP contribution in [0.1, 0.15) is 25.8 Å². The Kier molecular flexibility index (Phi) is 5.63.